The quantitative estimate of drug-likeness (QED) is 0.393. The number of nitrogens with zero attached hydrogens (tertiary/aromatic N) is 4. The number of piperazine rings is 1. The topological polar surface area (TPSA) is 82.0 Å². The molecule has 180 valence electrons. The van der Waals surface area contributed by atoms with Gasteiger partial charge in [-0.1, -0.05) is 19.1 Å². The molecule has 2 aromatic carbocycles. The molecule has 9 heteroatoms. The molecule has 0 saturated carbocycles. The number of nitrogens with one attached hydrogen (secondary N) is 1. The molecule has 2 heterocycles. The van der Waals surface area contributed by atoms with Gasteiger partial charge in [0.1, 0.15) is 5.69 Å². The number of amides is 1. The van der Waals surface area contributed by atoms with Crippen LogP contribution in [0, 0.1) is 10.1 Å². The Labute approximate surface area is 205 Å². The second-order valence-electron chi connectivity index (χ2n) is 8.76. The molecule has 2 saturated heterocycles. The van der Waals surface area contributed by atoms with Gasteiger partial charge in [-0.25, -0.2) is 0 Å². The number of anilines is 2. The number of carbonyl (C=O) groups is 1. The molecule has 8 nitrogen and oxygen atoms in total. The number of hydrogen-bond acceptors (Lipinski definition) is 6. The molecule has 1 amide bonds. The first kappa shape index (κ1) is 23.9. The molecule has 0 bridgehead atoms. The Morgan fingerprint density at radius 2 is 1.65 bits per heavy atom. The average molecular weight is 482 g/mol. The van der Waals surface area contributed by atoms with E-state index >= 15 is 0 Å². The molecule has 0 spiro atoms. The minimum Gasteiger partial charge on any atom is -0.368 e. The fraction of sp³-hybridized carbons (Fsp3) is 0.440. The van der Waals surface area contributed by atoms with E-state index < -0.39 is 0 Å². The fourth-order valence-corrected chi connectivity index (χ4v) is 4.83. The number of nitro benzene ring substituents is 1. The summed E-state index contributed by atoms with van der Waals surface area (Å²) >= 11 is 5.50. The van der Waals surface area contributed by atoms with Crippen molar-refractivity contribution in [1.29, 1.82) is 0 Å². The molecule has 0 aliphatic carbocycles. The molecule has 0 aromatic heterocycles. The number of aryl methyl sites for hydroxylation is 1. The van der Waals surface area contributed by atoms with Gasteiger partial charge >= 0.3 is 0 Å². The summed E-state index contributed by atoms with van der Waals surface area (Å²) in [6.07, 6.45) is 4.23. The van der Waals surface area contributed by atoms with Gasteiger partial charge in [0.05, 0.1) is 4.92 Å². The van der Waals surface area contributed by atoms with Gasteiger partial charge in [-0.05, 0) is 67.7 Å². The number of benzene rings is 2. The monoisotopic (exact) mass is 481 g/mol. The van der Waals surface area contributed by atoms with Gasteiger partial charge in [0.25, 0.3) is 11.6 Å². The summed E-state index contributed by atoms with van der Waals surface area (Å²) in [5.74, 6) is -0.198. The Morgan fingerprint density at radius 3 is 2.26 bits per heavy atom. The van der Waals surface area contributed by atoms with Gasteiger partial charge in [0.15, 0.2) is 5.11 Å². The number of rotatable bonds is 5. The molecule has 0 radical (unpaired) electrons. The molecule has 34 heavy (non-hydrogen) atoms. The number of thiocarbonyl (C=S) groups is 1. The molecule has 2 fully saturated rings. The lowest BCUT2D eigenvalue weighted by Gasteiger charge is -2.37. The minimum absolute atomic E-state index is 0.167. The molecular weight excluding hydrogens is 450 g/mol. The van der Waals surface area contributed by atoms with E-state index in [4.69, 9.17) is 12.2 Å². The van der Waals surface area contributed by atoms with E-state index in [-0.39, 0.29) is 16.5 Å². The molecular formula is C25H31N5O3S. The summed E-state index contributed by atoms with van der Waals surface area (Å²) in [6.45, 7) is 6.57. The largest absolute Gasteiger partial charge is 0.368 e. The first-order chi connectivity index (χ1) is 16.5. The highest BCUT2D eigenvalue weighted by atomic mass is 32.1. The van der Waals surface area contributed by atoms with Crippen molar-refractivity contribution in [3.05, 3.63) is 63.7 Å². The van der Waals surface area contributed by atoms with Crippen LogP contribution in [0.3, 0.4) is 0 Å². The minimum atomic E-state index is -0.289. The van der Waals surface area contributed by atoms with Gasteiger partial charge in [0, 0.05) is 56.6 Å². The van der Waals surface area contributed by atoms with E-state index in [1.807, 2.05) is 41.3 Å². The Balaban J connectivity index is 1.37. The van der Waals surface area contributed by atoms with E-state index in [0.29, 0.717) is 29.5 Å². The highest BCUT2D eigenvalue weighted by Crippen LogP contribution is 2.34. The lowest BCUT2D eigenvalue weighted by Crippen LogP contribution is -2.52. The maximum atomic E-state index is 12.6. The normalized spacial score (nSPS) is 16.3. The van der Waals surface area contributed by atoms with Crippen molar-refractivity contribution in [2.24, 2.45) is 0 Å². The van der Waals surface area contributed by atoms with Crippen LogP contribution in [0.5, 0.6) is 0 Å². The van der Waals surface area contributed by atoms with Crippen LogP contribution in [0.4, 0.5) is 17.1 Å². The second-order valence-corrected chi connectivity index (χ2v) is 9.15. The molecule has 1 N–H and O–H groups in total. The lowest BCUT2D eigenvalue weighted by atomic mass is 10.1. The number of piperidine rings is 1. The van der Waals surface area contributed by atoms with Gasteiger partial charge in [0.2, 0.25) is 0 Å². The highest BCUT2D eigenvalue weighted by molar-refractivity contribution is 7.80. The van der Waals surface area contributed by atoms with Crippen molar-refractivity contribution in [2.45, 2.75) is 32.6 Å². The van der Waals surface area contributed by atoms with Crippen molar-refractivity contribution in [2.75, 3.05) is 49.1 Å². The van der Waals surface area contributed by atoms with Crippen molar-refractivity contribution in [3.8, 4) is 0 Å². The lowest BCUT2D eigenvalue weighted by molar-refractivity contribution is -0.384. The molecule has 2 aliphatic heterocycles. The number of nitro groups is 1. The summed E-state index contributed by atoms with van der Waals surface area (Å²) in [7, 11) is 0. The maximum Gasteiger partial charge on any atom is 0.292 e. The second kappa shape index (κ2) is 10.8. The van der Waals surface area contributed by atoms with Crippen LogP contribution < -0.4 is 15.1 Å². The summed E-state index contributed by atoms with van der Waals surface area (Å²) in [6, 6.07) is 13.0. The first-order valence-electron chi connectivity index (χ1n) is 11.9. The van der Waals surface area contributed by atoms with Gasteiger partial charge in [-0.15, -0.1) is 0 Å². The van der Waals surface area contributed by atoms with Crippen molar-refractivity contribution >= 4 is 40.3 Å². The highest BCUT2D eigenvalue weighted by Gasteiger charge is 2.25. The fourth-order valence-electron chi connectivity index (χ4n) is 4.56. The zero-order valence-electron chi connectivity index (χ0n) is 19.5. The van der Waals surface area contributed by atoms with Crippen LogP contribution in [0.15, 0.2) is 42.5 Å². The standard InChI is InChI=1S/C25H31N5O3S/c1-2-19-6-8-20(9-7-19)24(31)26-25(34)29-16-14-27(15-17-29)21-10-11-22(30(32)33)23(18-21)28-12-4-3-5-13-28/h6-11,18H,2-5,12-17H2,1H3,(H,26,31,34). The smallest absolute Gasteiger partial charge is 0.292 e. The molecule has 4 rings (SSSR count). The summed E-state index contributed by atoms with van der Waals surface area (Å²) in [5.41, 5.74) is 3.64. The van der Waals surface area contributed by atoms with E-state index in [0.717, 1.165) is 51.1 Å². The Hall–Kier alpha value is -3.20. The molecule has 0 unspecified atom stereocenters. The first-order valence-corrected chi connectivity index (χ1v) is 12.3. The molecule has 0 atom stereocenters. The van der Waals surface area contributed by atoms with E-state index in [1.165, 1.54) is 12.0 Å². The third kappa shape index (κ3) is 5.47. The van der Waals surface area contributed by atoms with Crippen molar-refractivity contribution in [3.63, 3.8) is 0 Å². The predicted molar refractivity (Wildman–Crippen MR) is 139 cm³/mol. The third-order valence-corrected chi connectivity index (χ3v) is 6.99. The third-order valence-electron chi connectivity index (χ3n) is 6.63. The zero-order valence-corrected chi connectivity index (χ0v) is 20.4. The van der Waals surface area contributed by atoms with Crippen LogP contribution in [-0.4, -0.2) is 60.1 Å². The van der Waals surface area contributed by atoms with Gasteiger partial charge < -0.3 is 14.7 Å². The maximum absolute atomic E-state index is 12.6. The van der Waals surface area contributed by atoms with Crippen LogP contribution in [-0.2, 0) is 6.42 Å². The number of hydrogen-bond donors (Lipinski definition) is 1. The van der Waals surface area contributed by atoms with Crippen LogP contribution in [0.2, 0.25) is 0 Å². The summed E-state index contributed by atoms with van der Waals surface area (Å²) in [5, 5.41) is 14.9. The van der Waals surface area contributed by atoms with Gasteiger partial charge in [-0.2, -0.15) is 0 Å². The van der Waals surface area contributed by atoms with E-state index in [9.17, 15) is 14.9 Å². The Kier molecular flexibility index (Phi) is 7.62. The molecule has 2 aliphatic rings. The Morgan fingerprint density at radius 1 is 0.971 bits per heavy atom. The Bertz CT molecular complexity index is 1050. The van der Waals surface area contributed by atoms with Crippen molar-refractivity contribution in [1.82, 2.24) is 10.2 Å². The summed E-state index contributed by atoms with van der Waals surface area (Å²) in [4.78, 5) is 30.2. The average Bonchev–Trinajstić information content (AvgIpc) is 2.89. The van der Waals surface area contributed by atoms with Crippen LogP contribution >= 0.6 is 12.2 Å². The van der Waals surface area contributed by atoms with E-state index in [2.05, 4.69) is 22.0 Å². The van der Waals surface area contributed by atoms with Crippen LogP contribution in [0.1, 0.15) is 42.1 Å². The zero-order chi connectivity index (χ0) is 24.1. The van der Waals surface area contributed by atoms with Gasteiger partial charge in [-0.3, -0.25) is 20.2 Å². The van der Waals surface area contributed by atoms with E-state index in [1.54, 1.807) is 6.07 Å². The van der Waals surface area contributed by atoms with Crippen molar-refractivity contribution < 1.29 is 9.72 Å². The SMILES string of the molecule is CCc1ccc(C(=O)NC(=S)N2CCN(c3ccc([N+](=O)[O-])c(N4CCCCC4)c3)CC2)cc1. The predicted octanol–water partition coefficient (Wildman–Crippen LogP) is 3.98. The number of carbonyl (C=O) groups excluding carboxylic acids is 1. The molecule has 2 aromatic rings. The summed E-state index contributed by atoms with van der Waals surface area (Å²) < 4.78 is 0. The van der Waals surface area contributed by atoms with Crippen LogP contribution in [0.25, 0.3) is 0 Å².